The molecular weight excluding hydrogens is 192 g/mol. The van der Waals surface area contributed by atoms with Gasteiger partial charge in [0.05, 0.1) is 0 Å². The topological polar surface area (TPSA) is 43.4 Å². The first kappa shape index (κ1) is 10.7. The minimum absolute atomic E-state index is 0.00509. The second-order valence-electron chi connectivity index (χ2n) is 4.71. The van der Waals surface area contributed by atoms with Crippen LogP contribution in [0.3, 0.4) is 0 Å². The molecule has 0 aliphatic heterocycles. The van der Waals surface area contributed by atoms with Gasteiger partial charge in [-0.3, -0.25) is 9.59 Å². The summed E-state index contributed by atoms with van der Waals surface area (Å²) in [6.07, 6.45) is 5.71. The lowest BCUT2D eigenvalue weighted by Gasteiger charge is -2.39. The summed E-state index contributed by atoms with van der Waals surface area (Å²) in [4.78, 5) is 22.7. The van der Waals surface area contributed by atoms with E-state index in [2.05, 4.69) is 0 Å². The fourth-order valence-electron chi connectivity index (χ4n) is 3.05. The van der Waals surface area contributed by atoms with E-state index in [0.717, 1.165) is 25.7 Å². The summed E-state index contributed by atoms with van der Waals surface area (Å²) >= 11 is 0. The summed E-state index contributed by atoms with van der Waals surface area (Å²) in [5.74, 6) is 0.669. The van der Waals surface area contributed by atoms with Crippen molar-refractivity contribution in [3.63, 3.8) is 0 Å². The Labute approximate surface area is 90.2 Å². The van der Waals surface area contributed by atoms with Crippen LogP contribution in [0.4, 0.5) is 0 Å². The van der Waals surface area contributed by atoms with E-state index in [1.54, 1.807) is 0 Å². The lowest BCUT2D eigenvalue weighted by Crippen LogP contribution is -2.42. The maximum Gasteiger partial charge on any atom is 0.302 e. The first-order chi connectivity index (χ1) is 7.18. The Morgan fingerprint density at radius 2 is 2.00 bits per heavy atom. The van der Waals surface area contributed by atoms with Crippen LogP contribution in [0.5, 0.6) is 0 Å². The van der Waals surface area contributed by atoms with E-state index in [1.165, 1.54) is 13.3 Å². The Balaban J connectivity index is 2.06. The molecule has 2 aliphatic rings. The lowest BCUT2D eigenvalue weighted by molar-refractivity contribution is -0.157. The molecule has 3 atom stereocenters. The number of hydrogen-bond acceptors (Lipinski definition) is 3. The summed E-state index contributed by atoms with van der Waals surface area (Å²) < 4.78 is 5.32. The number of hydrogen-bond donors (Lipinski definition) is 0. The number of fused-ring (bicyclic) bond motifs is 1. The molecule has 0 aromatic heterocycles. The Bertz CT molecular complexity index is 272. The molecule has 2 fully saturated rings. The van der Waals surface area contributed by atoms with Crippen molar-refractivity contribution >= 4 is 11.8 Å². The van der Waals surface area contributed by atoms with Crippen molar-refractivity contribution in [3.05, 3.63) is 0 Å². The fourth-order valence-corrected chi connectivity index (χ4v) is 3.05. The summed E-state index contributed by atoms with van der Waals surface area (Å²) in [6, 6.07) is 0. The number of carbonyl (C=O) groups is 2. The van der Waals surface area contributed by atoms with Gasteiger partial charge >= 0.3 is 5.97 Å². The first-order valence-electron chi connectivity index (χ1n) is 5.88. The molecule has 0 N–H and O–H groups in total. The minimum Gasteiger partial charge on any atom is -0.462 e. The van der Waals surface area contributed by atoms with Gasteiger partial charge < -0.3 is 4.74 Å². The Hall–Kier alpha value is -0.860. The van der Waals surface area contributed by atoms with Gasteiger partial charge in [-0.2, -0.15) is 0 Å². The number of ether oxygens (including phenoxy) is 1. The highest BCUT2D eigenvalue weighted by Crippen LogP contribution is 2.39. The zero-order valence-electron chi connectivity index (χ0n) is 9.20. The molecule has 0 aromatic carbocycles. The Kier molecular flexibility index (Phi) is 3.08. The van der Waals surface area contributed by atoms with Crippen LogP contribution in [0.2, 0.25) is 0 Å². The Morgan fingerprint density at radius 3 is 2.73 bits per heavy atom. The second kappa shape index (κ2) is 4.33. The number of rotatable bonds is 1. The molecule has 0 saturated heterocycles. The van der Waals surface area contributed by atoms with Crippen LogP contribution in [0.25, 0.3) is 0 Å². The molecule has 0 unspecified atom stereocenters. The SMILES string of the molecule is CC(=O)O[C@H]1CCC(=O)[C@H]2CCCC[C@H]12. The molecule has 3 nitrogen and oxygen atoms in total. The Morgan fingerprint density at radius 1 is 1.27 bits per heavy atom. The monoisotopic (exact) mass is 210 g/mol. The van der Waals surface area contributed by atoms with Crippen molar-refractivity contribution in [1.29, 1.82) is 0 Å². The lowest BCUT2D eigenvalue weighted by atomic mass is 9.69. The number of carbonyl (C=O) groups excluding carboxylic acids is 2. The van der Waals surface area contributed by atoms with E-state index >= 15 is 0 Å². The van der Waals surface area contributed by atoms with E-state index in [1.807, 2.05) is 0 Å². The van der Waals surface area contributed by atoms with Crippen LogP contribution in [-0.4, -0.2) is 17.9 Å². The van der Waals surface area contributed by atoms with Crippen LogP contribution < -0.4 is 0 Å². The van der Waals surface area contributed by atoms with Gasteiger partial charge in [0.2, 0.25) is 0 Å². The van der Waals surface area contributed by atoms with Crippen molar-refractivity contribution in [2.24, 2.45) is 11.8 Å². The van der Waals surface area contributed by atoms with Crippen molar-refractivity contribution < 1.29 is 14.3 Å². The van der Waals surface area contributed by atoms with E-state index in [0.29, 0.717) is 18.1 Å². The predicted molar refractivity (Wildman–Crippen MR) is 55.2 cm³/mol. The fraction of sp³-hybridized carbons (Fsp3) is 0.833. The number of esters is 1. The van der Waals surface area contributed by atoms with Gasteiger partial charge in [-0.05, 0) is 19.3 Å². The average Bonchev–Trinajstić information content (AvgIpc) is 2.22. The standard InChI is InChI=1S/C12H18O3/c1-8(13)15-12-7-6-11(14)9-4-2-3-5-10(9)12/h9-10,12H,2-7H2,1H3/t9-,10-,12-/m0/s1. The van der Waals surface area contributed by atoms with Gasteiger partial charge in [-0.1, -0.05) is 12.8 Å². The predicted octanol–water partition coefficient (Wildman–Crippen LogP) is 2.09. The molecule has 0 bridgehead atoms. The molecule has 3 heteroatoms. The molecule has 0 radical (unpaired) electrons. The number of Topliss-reactive ketones (excluding diaryl/α,β-unsaturated/α-hetero) is 1. The van der Waals surface area contributed by atoms with Crippen LogP contribution >= 0.6 is 0 Å². The van der Waals surface area contributed by atoms with E-state index < -0.39 is 0 Å². The number of ketones is 1. The molecule has 0 spiro atoms. The van der Waals surface area contributed by atoms with Crippen molar-refractivity contribution in [3.8, 4) is 0 Å². The van der Waals surface area contributed by atoms with Gasteiger partial charge in [0.1, 0.15) is 11.9 Å². The third kappa shape index (κ3) is 2.21. The van der Waals surface area contributed by atoms with Gasteiger partial charge in [0, 0.05) is 25.2 Å². The van der Waals surface area contributed by atoms with Crippen molar-refractivity contribution in [2.45, 2.75) is 51.6 Å². The highest BCUT2D eigenvalue weighted by molar-refractivity contribution is 5.82. The quantitative estimate of drug-likeness (QED) is 0.622. The third-order valence-electron chi connectivity index (χ3n) is 3.70. The van der Waals surface area contributed by atoms with Crippen LogP contribution in [0.15, 0.2) is 0 Å². The summed E-state index contributed by atoms with van der Waals surface area (Å²) in [5.41, 5.74) is 0. The van der Waals surface area contributed by atoms with Gasteiger partial charge in [-0.15, -0.1) is 0 Å². The van der Waals surface area contributed by atoms with Crippen molar-refractivity contribution in [1.82, 2.24) is 0 Å². The molecule has 84 valence electrons. The summed E-state index contributed by atoms with van der Waals surface area (Å²) in [7, 11) is 0. The normalized spacial score (nSPS) is 35.8. The van der Waals surface area contributed by atoms with Crippen LogP contribution in [-0.2, 0) is 14.3 Å². The molecule has 2 rings (SSSR count). The average molecular weight is 210 g/mol. The first-order valence-corrected chi connectivity index (χ1v) is 5.88. The summed E-state index contributed by atoms with van der Waals surface area (Å²) in [5, 5.41) is 0. The van der Waals surface area contributed by atoms with E-state index in [4.69, 9.17) is 4.74 Å². The summed E-state index contributed by atoms with van der Waals surface area (Å²) in [6.45, 7) is 1.45. The van der Waals surface area contributed by atoms with Crippen LogP contribution in [0.1, 0.15) is 45.4 Å². The molecular formula is C12H18O3. The highest BCUT2D eigenvalue weighted by atomic mass is 16.5. The van der Waals surface area contributed by atoms with Crippen LogP contribution in [0, 0.1) is 11.8 Å². The molecule has 2 aliphatic carbocycles. The van der Waals surface area contributed by atoms with E-state index in [-0.39, 0.29) is 18.0 Å². The minimum atomic E-state index is -0.210. The highest BCUT2D eigenvalue weighted by Gasteiger charge is 2.41. The van der Waals surface area contributed by atoms with E-state index in [9.17, 15) is 9.59 Å². The zero-order chi connectivity index (χ0) is 10.8. The molecule has 0 amide bonds. The smallest absolute Gasteiger partial charge is 0.302 e. The van der Waals surface area contributed by atoms with Gasteiger partial charge in [-0.25, -0.2) is 0 Å². The second-order valence-corrected chi connectivity index (χ2v) is 4.71. The zero-order valence-corrected chi connectivity index (χ0v) is 9.20. The maximum absolute atomic E-state index is 11.7. The molecule has 15 heavy (non-hydrogen) atoms. The van der Waals surface area contributed by atoms with Crippen molar-refractivity contribution in [2.75, 3.05) is 0 Å². The van der Waals surface area contributed by atoms with Gasteiger partial charge in [0.25, 0.3) is 0 Å². The largest absolute Gasteiger partial charge is 0.462 e. The molecule has 0 aromatic rings. The molecule has 2 saturated carbocycles. The molecule has 0 heterocycles. The maximum atomic E-state index is 11.7. The van der Waals surface area contributed by atoms with Gasteiger partial charge in [0.15, 0.2) is 0 Å². The third-order valence-corrected chi connectivity index (χ3v) is 3.70.